The van der Waals surface area contributed by atoms with Gasteiger partial charge < -0.3 is 5.73 Å². The van der Waals surface area contributed by atoms with Gasteiger partial charge in [-0.05, 0) is 44.3 Å². The smallest absolute Gasteiger partial charge is 0.222 e. The molecule has 0 spiro atoms. The van der Waals surface area contributed by atoms with E-state index >= 15 is 0 Å². The van der Waals surface area contributed by atoms with Crippen LogP contribution in [0.25, 0.3) is 0 Å². The summed E-state index contributed by atoms with van der Waals surface area (Å²) in [6, 6.07) is 8.43. The number of carbonyl (C=O) groups excluding carboxylic acids is 1. The number of carbonyl (C=O) groups is 1. The van der Waals surface area contributed by atoms with Crippen molar-refractivity contribution in [3.63, 3.8) is 0 Å². The largest absolute Gasteiger partial charge is 0.369 e. The van der Waals surface area contributed by atoms with Crippen molar-refractivity contribution in [1.82, 2.24) is 4.90 Å². The van der Waals surface area contributed by atoms with E-state index < -0.39 is 0 Å². The van der Waals surface area contributed by atoms with Crippen molar-refractivity contribution in [3.8, 4) is 0 Å². The third kappa shape index (κ3) is 2.54. The fraction of sp³-hybridized carbons (Fsp3) is 0.500. The van der Waals surface area contributed by atoms with Gasteiger partial charge in [-0.15, -0.1) is 11.8 Å². The van der Waals surface area contributed by atoms with Crippen LogP contribution >= 0.6 is 11.8 Å². The van der Waals surface area contributed by atoms with E-state index in [2.05, 4.69) is 30.3 Å². The summed E-state index contributed by atoms with van der Waals surface area (Å²) in [5.41, 5.74) is 6.81. The van der Waals surface area contributed by atoms with Gasteiger partial charge in [0.25, 0.3) is 0 Å². The van der Waals surface area contributed by atoms with Crippen molar-refractivity contribution in [3.05, 3.63) is 29.8 Å². The molecule has 1 aromatic rings. The highest BCUT2D eigenvalue weighted by Gasteiger charge is 2.35. The number of nitrogens with two attached hydrogens (primary N) is 1. The zero-order valence-electron chi connectivity index (χ0n) is 10.9. The average Bonchev–Trinajstić information content (AvgIpc) is 2.38. The Bertz CT molecular complexity index is 436. The van der Waals surface area contributed by atoms with Crippen molar-refractivity contribution in [2.45, 2.75) is 23.8 Å². The number of likely N-dealkylation sites (tertiary alicyclic amines) is 1. The number of nitrogens with zero attached hydrogens (tertiary/aromatic N) is 1. The van der Waals surface area contributed by atoms with E-state index in [-0.39, 0.29) is 17.9 Å². The second-order valence-corrected chi connectivity index (χ2v) is 5.67. The molecule has 1 aliphatic heterocycles. The van der Waals surface area contributed by atoms with Crippen molar-refractivity contribution < 1.29 is 4.79 Å². The van der Waals surface area contributed by atoms with Crippen molar-refractivity contribution in [2.75, 3.05) is 19.8 Å². The van der Waals surface area contributed by atoms with Crippen LogP contribution in [0.1, 0.15) is 24.4 Å². The minimum absolute atomic E-state index is 0.0722. The summed E-state index contributed by atoms with van der Waals surface area (Å²) < 4.78 is 0. The molecule has 0 bridgehead atoms. The molecular formula is C14H20N2OS. The number of rotatable bonds is 3. The number of benzene rings is 1. The van der Waals surface area contributed by atoms with Crippen LogP contribution in [0.4, 0.5) is 0 Å². The SMILES string of the molecule is CSc1ccccc1C1C(C(N)=O)CCCN1C. The van der Waals surface area contributed by atoms with E-state index in [1.165, 1.54) is 10.5 Å². The lowest BCUT2D eigenvalue weighted by Crippen LogP contribution is -2.42. The molecule has 18 heavy (non-hydrogen) atoms. The van der Waals surface area contributed by atoms with Gasteiger partial charge in [0.15, 0.2) is 0 Å². The predicted molar refractivity (Wildman–Crippen MR) is 75.5 cm³/mol. The zero-order chi connectivity index (χ0) is 13.1. The van der Waals surface area contributed by atoms with Gasteiger partial charge >= 0.3 is 0 Å². The molecule has 2 unspecified atom stereocenters. The van der Waals surface area contributed by atoms with Crippen LogP contribution in [0.15, 0.2) is 29.2 Å². The lowest BCUT2D eigenvalue weighted by Gasteiger charge is -2.38. The Morgan fingerprint density at radius 2 is 2.17 bits per heavy atom. The lowest BCUT2D eigenvalue weighted by molar-refractivity contribution is -0.125. The summed E-state index contributed by atoms with van der Waals surface area (Å²) in [7, 11) is 2.08. The third-order valence-corrected chi connectivity index (χ3v) is 4.52. The second-order valence-electron chi connectivity index (χ2n) is 4.82. The van der Waals surface area contributed by atoms with E-state index in [0.29, 0.717) is 0 Å². The molecule has 98 valence electrons. The van der Waals surface area contributed by atoms with Crippen LogP contribution in [0.5, 0.6) is 0 Å². The van der Waals surface area contributed by atoms with Crippen LogP contribution in [-0.4, -0.2) is 30.7 Å². The summed E-state index contributed by atoms with van der Waals surface area (Å²) in [6.45, 7) is 1.02. The van der Waals surface area contributed by atoms with Crippen molar-refractivity contribution in [1.29, 1.82) is 0 Å². The van der Waals surface area contributed by atoms with Gasteiger partial charge in [0.05, 0.1) is 5.92 Å². The maximum atomic E-state index is 11.7. The van der Waals surface area contributed by atoms with Gasteiger partial charge in [-0.3, -0.25) is 9.69 Å². The molecule has 1 saturated heterocycles. The second kappa shape index (κ2) is 5.76. The molecule has 2 rings (SSSR count). The standard InChI is InChI=1S/C14H20N2OS/c1-16-9-5-7-11(14(15)17)13(16)10-6-3-4-8-12(10)18-2/h3-4,6,8,11,13H,5,7,9H2,1-2H3,(H2,15,17). The van der Waals surface area contributed by atoms with Crippen LogP contribution in [-0.2, 0) is 4.79 Å². The number of thioether (sulfide) groups is 1. The molecule has 1 aliphatic rings. The molecule has 1 amide bonds. The monoisotopic (exact) mass is 264 g/mol. The minimum atomic E-state index is -0.178. The van der Waals surface area contributed by atoms with Gasteiger partial charge in [0, 0.05) is 10.9 Å². The summed E-state index contributed by atoms with van der Waals surface area (Å²) in [5.74, 6) is -0.250. The first-order chi connectivity index (χ1) is 8.65. The Hall–Kier alpha value is -1.00. The number of piperidine rings is 1. The highest BCUT2D eigenvalue weighted by atomic mass is 32.2. The maximum absolute atomic E-state index is 11.7. The number of hydrogen-bond acceptors (Lipinski definition) is 3. The third-order valence-electron chi connectivity index (χ3n) is 3.70. The summed E-state index contributed by atoms with van der Waals surface area (Å²) >= 11 is 1.73. The van der Waals surface area contributed by atoms with Crippen LogP contribution in [0, 0.1) is 5.92 Å². The fourth-order valence-corrected chi connectivity index (χ4v) is 3.47. The molecule has 0 aromatic heterocycles. The molecule has 0 saturated carbocycles. The van der Waals surface area contributed by atoms with Gasteiger partial charge in [0.2, 0.25) is 5.91 Å². The molecule has 1 aromatic carbocycles. The first-order valence-corrected chi connectivity index (χ1v) is 7.50. The van der Waals surface area contributed by atoms with E-state index in [0.717, 1.165) is 19.4 Å². The van der Waals surface area contributed by atoms with E-state index in [1.54, 1.807) is 11.8 Å². The molecule has 0 radical (unpaired) electrons. The normalized spacial score (nSPS) is 25.0. The van der Waals surface area contributed by atoms with Crippen LogP contribution in [0.2, 0.25) is 0 Å². The topological polar surface area (TPSA) is 46.3 Å². The number of hydrogen-bond donors (Lipinski definition) is 1. The molecule has 0 aliphatic carbocycles. The zero-order valence-corrected chi connectivity index (χ0v) is 11.7. The Kier molecular flexibility index (Phi) is 4.30. The summed E-state index contributed by atoms with van der Waals surface area (Å²) in [6.07, 6.45) is 4.01. The number of primary amides is 1. The molecule has 2 atom stereocenters. The minimum Gasteiger partial charge on any atom is -0.369 e. The molecule has 1 fully saturated rings. The van der Waals surface area contributed by atoms with E-state index in [1.807, 2.05) is 12.1 Å². The van der Waals surface area contributed by atoms with Crippen LogP contribution < -0.4 is 5.73 Å². The summed E-state index contributed by atoms with van der Waals surface area (Å²) in [4.78, 5) is 15.2. The fourth-order valence-electron chi connectivity index (χ4n) is 2.83. The summed E-state index contributed by atoms with van der Waals surface area (Å²) in [5, 5.41) is 0. The Morgan fingerprint density at radius 1 is 1.44 bits per heavy atom. The molecule has 4 heteroatoms. The number of amides is 1. The Balaban J connectivity index is 2.40. The quantitative estimate of drug-likeness (QED) is 0.852. The van der Waals surface area contributed by atoms with E-state index in [9.17, 15) is 4.79 Å². The lowest BCUT2D eigenvalue weighted by atomic mass is 9.84. The van der Waals surface area contributed by atoms with Gasteiger partial charge in [-0.1, -0.05) is 18.2 Å². The van der Waals surface area contributed by atoms with Crippen molar-refractivity contribution >= 4 is 17.7 Å². The van der Waals surface area contributed by atoms with Gasteiger partial charge in [-0.25, -0.2) is 0 Å². The van der Waals surface area contributed by atoms with E-state index in [4.69, 9.17) is 5.73 Å². The average molecular weight is 264 g/mol. The van der Waals surface area contributed by atoms with Gasteiger partial charge in [-0.2, -0.15) is 0 Å². The maximum Gasteiger partial charge on any atom is 0.222 e. The van der Waals surface area contributed by atoms with Crippen LogP contribution in [0.3, 0.4) is 0 Å². The van der Waals surface area contributed by atoms with Gasteiger partial charge in [0.1, 0.15) is 0 Å². The highest BCUT2D eigenvalue weighted by Crippen LogP contribution is 2.38. The Labute approximate surface area is 113 Å². The highest BCUT2D eigenvalue weighted by molar-refractivity contribution is 7.98. The molecular weight excluding hydrogens is 244 g/mol. The predicted octanol–water partition coefficient (Wildman–Crippen LogP) is 2.28. The first kappa shape index (κ1) is 13.4. The first-order valence-electron chi connectivity index (χ1n) is 6.27. The van der Waals surface area contributed by atoms with Crippen molar-refractivity contribution in [2.24, 2.45) is 11.7 Å². The molecule has 1 heterocycles. The molecule has 3 nitrogen and oxygen atoms in total. The Morgan fingerprint density at radius 3 is 2.83 bits per heavy atom. The molecule has 2 N–H and O–H groups in total.